The first-order valence-corrected chi connectivity index (χ1v) is 11.7. The highest BCUT2D eigenvalue weighted by Crippen LogP contribution is 2.37. The van der Waals surface area contributed by atoms with Gasteiger partial charge in [-0.1, -0.05) is 6.07 Å². The van der Waals surface area contributed by atoms with Crippen molar-refractivity contribution in [2.45, 2.75) is 11.9 Å². The van der Waals surface area contributed by atoms with Gasteiger partial charge in [0, 0.05) is 37.1 Å². The van der Waals surface area contributed by atoms with Crippen molar-refractivity contribution in [3.63, 3.8) is 0 Å². The van der Waals surface area contributed by atoms with Crippen molar-refractivity contribution < 1.29 is 12.8 Å². The molecule has 0 unspecified atom stereocenters. The number of aliphatic imine (C=N–C) groups is 1. The Morgan fingerprint density at radius 1 is 1.18 bits per heavy atom. The molecule has 0 saturated heterocycles. The van der Waals surface area contributed by atoms with Crippen LogP contribution < -0.4 is 14.9 Å². The minimum absolute atomic E-state index is 0.167. The number of sulfonamides is 1. The largest absolute Gasteiger partial charge is 0.357 e. The second-order valence-electron chi connectivity index (χ2n) is 7.56. The Hall–Kier alpha value is -3.86. The molecule has 9 nitrogen and oxygen atoms in total. The standard InChI is InChI=1S/C22H20FN7O2S/c1-13-9-17(23)18(29-33(31,32)19-5-3-4-6-25-19)11-15(13)16-10-14-12-27-22(24-2)28-20(14)30-8-7-26-21(16)30/h3-6,9-12,29H,7-8H2,1-2H3,(H,24,27,28). The Morgan fingerprint density at radius 2 is 2.03 bits per heavy atom. The lowest BCUT2D eigenvalue weighted by Gasteiger charge is -2.28. The summed E-state index contributed by atoms with van der Waals surface area (Å²) in [5.74, 6) is 1.27. The second kappa shape index (κ2) is 7.93. The van der Waals surface area contributed by atoms with E-state index in [1.165, 1.54) is 24.4 Å². The first-order chi connectivity index (χ1) is 15.9. The molecule has 5 rings (SSSR count). The molecule has 0 aliphatic carbocycles. The molecule has 0 saturated carbocycles. The van der Waals surface area contributed by atoms with Crippen LogP contribution in [0.2, 0.25) is 0 Å². The van der Waals surface area contributed by atoms with E-state index in [9.17, 15) is 12.8 Å². The van der Waals surface area contributed by atoms with Crippen molar-refractivity contribution >= 4 is 45.0 Å². The van der Waals surface area contributed by atoms with Crippen molar-refractivity contribution in [3.8, 4) is 0 Å². The number of benzene rings is 1. The van der Waals surface area contributed by atoms with Gasteiger partial charge < -0.3 is 10.2 Å². The van der Waals surface area contributed by atoms with Crippen LogP contribution >= 0.6 is 0 Å². The smallest absolute Gasteiger partial charge is 0.279 e. The highest BCUT2D eigenvalue weighted by Gasteiger charge is 2.31. The molecule has 2 aromatic heterocycles. The number of aromatic nitrogens is 3. The predicted molar refractivity (Wildman–Crippen MR) is 125 cm³/mol. The van der Waals surface area contributed by atoms with Crippen LogP contribution in [0.4, 0.5) is 21.8 Å². The Balaban J connectivity index is 1.60. The fourth-order valence-electron chi connectivity index (χ4n) is 3.87. The Morgan fingerprint density at radius 3 is 2.79 bits per heavy atom. The fourth-order valence-corrected chi connectivity index (χ4v) is 4.87. The normalized spacial score (nSPS) is 14.8. The van der Waals surface area contributed by atoms with E-state index in [1.54, 1.807) is 32.3 Å². The zero-order chi connectivity index (χ0) is 23.2. The third-order valence-electron chi connectivity index (χ3n) is 5.42. The molecule has 0 amide bonds. The summed E-state index contributed by atoms with van der Waals surface area (Å²) < 4.78 is 42.6. The monoisotopic (exact) mass is 465 g/mol. The summed E-state index contributed by atoms with van der Waals surface area (Å²) in [6, 6.07) is 7.30. The zero-order valence-electron chi connectivity index (χ0n) is 17.9. The SMILES string of the molecule is CNc1ncc2c(n1)N1CCN=C1C(c1cc(NS(=O)(=O)c3ccccn3)c(F)cc1C)=C2. The number of aryl methyl sites for hydroxylation is 1. The predicted octanol–water partition coefficient (Wildman–Crippen LogP) is 2.93. The van der Waals surface area contributed by atoms with Crippen molar-refractivity contribution in [1.29, 1.82) is 0 Å². The second-order valence-corrected chi connectivity index (χ2v) is 9.19. The molecule has 33 heavy (non-hydrogen) atoms. The van der Waals surface area contributed by atoms with Crippen LogP contribution in [0.3, 0.4) is 0 Å². The average molecular weight is 466 g/mol. The van der Waals surface area contributed by atoms with E-state index in [-0.39, 0.29) is 10.7 Å². The molecule has 2 aliphatic heterocycles. The molecule has 0 spiro atoms. The number of amidine groups is 1. The maximum atomic E-state index is 14.8. The van der Waals surface area contributed by atoms with E-state index in [1.807, 2.05) is 11.0 Å². The van der Waals surface area contributed by atoms with Crippen LogP contribution in [0, 0.1) is 12.7 Å². The summed E-state index contributed by atoms with van der Waals surface area (Å²) in [6.07, 6.45) is 4.98. The average Bonchev–Trinajstić information content (AvgIpc) is 3.31. The van der Waals surface area contributed by atoms with Crippen molar-refractivity contribution in [2.24, 2.45) is 4.99 Å². The minimum atomic E-state index is -4.06. The van der Waals surface area contributed by atoms with Gasteiger partial charge in [-0.2, -0.15) is 13.4 Å². The quantitative estimate of drug-likeness (QED) is 0.596. The number of hydrogen-bond acceptors (Lipinski definition) is 8. The van der Waals surface area contributed by atoms with Gasteiger partial charge in [0.05, 0.1) is 12.2 Å². The van der Waals surface area contributed by atoms with E-state index in [0.29, 0.717) is 36.0 Å². The lowest BCUT2D eigenvalue weighted by molar-refractivity contribution is 0.595. The van der Waals surface area contributed by atoms with E-state index in [2.05, 4.69) is 30.0 Å². The molecular weight excluding hydrogens is 445 g/mol. The maximum Gasteiger partial charge on any atom is 0.279 e. The van der Waals surface area contributed by atoms with E-state index in [4.69, 9.17) is 0 Å². The van der Waals surface area contributed by atoms with Gasteiger partial charge in [0.15, 0.2) is 5.03 Å². The molecule has 3 aromatic rings. The third kappa shape index (κ3) is 3.69. The minimum Gasteiger partial charge on any atom is -0.357 e. The van der Waals surface area contributed by atoms with Gasteiger partial charge in [0.1, 0.15) is 17.5 Å². The lowest BCUT2D eigenvalue weighted by Crippen LogP contribution is -2.32. The lowest BCUT2D eigenvalue weighted by atomic mass is 9.94. The third-order valence-corrected chi connectivity index (χ3v) is 6.70. The summed E-state index contributed by atoms with van der Waals surface area (Å²) >= 11 is 0. The van der Waals surface area contributed by atoms with Crippen LogP contribution in [0.5, 0.6) is 0 Å². The number of anilines is 3. The molecule has 0 fully saturated rings. The van der Waals surface area contributed by atoms with Gasteiger partial charge in [-0.15, -0.1) is 0 Å². The van der Waals surface area contributed by atoms with Crippen LogP contribution in [-0.2, 0) is 10.0 Å². The fraction of sp³-hybridized carbons (Fsp3) is 0.182. The molecule has 0 atom stereocenters. The number of rotatable bonds is 5. The van der Waals surface area contributed by atoms with Crippen LogP contribution in [0.1, 0.15) is 16.7 Å². The van der Waals surface area contributed by atoms with Gasteiger partial charge >= 0.3 is 0 Å². The zero-order valence-corrected chi connectivity index (χ0v) is 18.7. The molecule has 168 valence electrons. The molecule has 0 bridgehead atoms. The molecule has 2 N–H and O–H groups in total. The number of nitrogens with zero attached hydrogens (tertiary/aromatic N) is 5. The molecule has 4 heterocycles. The van der Waals surface area contributed by atoms with Crippen LogP contribution in [-0.4, -0.2) is 49.3 Å². The molecule has 11 heteroatoms. The maximum absolute atomic E-state index is 14.8. The Kier molecular flexibility index (Phi) is 5.05. The summed E-state index contributed by atoms with van der Waals surface area (Å²) in [4.78, 5) is 19.3. The highest BCUT2D eigenvalue weighted by molar-refractivity contribution is 7.92. The summed E-state index contributed by atoms with van der Waals surface area (Å²) in [5, 5.41) is 2.74. The van der Waals surface area contributed by atoms with Gasteiger partial charge in [-0.25, -0.2) is 14.4 Å². The number of fused-ring (bicyclic) bond motifs is 3. The van der Waals surface area contributed by atoms with Crippen LogP contribution in [0.15, 0.2) is 52.7 Å². The van der Waals surface area contributed by atoms with Crippen molar-refractivity contribution in [2.75, 3.05) is 35.1 Å². The van der Waals surface area contributed by atoms with Gasteiger partial charge in [0.2, 0.25) is 5.95 Å². The van der Waals surface area contributed by atoms with E-state index < -0.39 is 15.8 Å². The number of pyridine rings is 1. The number of halogens is 1. The number of nitrogens with one attached hydrogen (secondary N) is 2. The first kappa shape index (κ1) is 21.0. The van der Waals surface area contributed by atoms with Gasteiger partial charge in [0.25, 0.3) is 10.0 Å². The number of hydrogen-bond donors (Lipinski definition) is 2. The molecule has 0 radical (unpaired) electrons. The van der Waals surface area contributed by atoms with Crippen LogP contribution in [0.25, 0.3) is 11.6 Å². The Bertz CT molecular complexity index is 1420. The Labute approximate surface area is 190 Å². The highest BCUT2D eigenvalue weighted by atomic mass is 32.2. The summed E-state index contributed by atoms with van der Waals surface area (Å²) in [6.45, 7) is 3.01. The van der Waals surface area contributed by atoms with Gasteiger partial charge in [-0.05, 0) is 48.4 Å². The molecule has 1 aromatic carbocycles. The van der Waals surface area contributed by atoms with Crippen molar-refractivity contribution in [1.82, 2.24) is 15.0 Å². The molecular formula is C22H20FN7O2S. The summed E-state index contributed by atoms with van der Waals surface area (Å²) in [5.41, 5.74) is 2.68. The van der Waals surface area contributed by atoms with Gasteiger partial charge in [-0.3, -0.25) is 9.71 Å². The summed E-state index contributed by atoms with van der Waals surface area (Å²) in [7, 11) is -2.31. The van der Waals surface area contributed by atoms with E-state index in [0.717, 1.165) is 17.0 Å². The van der Waals surface area contributed by atoms with E-state index >= 15 is 0 Å². The molecule has 2 aliphatic rings. The first-order valence-electron chi connectivity index (χ1n) is 10.2. The topological polar surface area (TPSA) is 112 Å². The van der Waals surface area contributed by atoms with Crippen molar-refractivity contribution in [3.05, 3.63) is 65.2 Å².